The molecule has 31 heavy (non-hydrogen) atoms. The van der Waals surface area contributed by atoms with Crippen LogP contribution in [-0.4, -0.2) is 17.6 Å². The molecule has 4 heteroatoms. The molecule has 1 aromatic heterocycles. The Morgan fingerprint density at radius 2 is 1.81 bits per heavy atom. The Morgan fingerprint density at radius 3 is 2.45 bits per heavy atom. The Morgan fingerprint density at radius 1 is 1.13 bits per heavy atom. The number of hydrogen-bond acceptors (Lipinski definition) is 3. The predicted molar refractivity (Wildman–Crippen MR) is 126 cm³/mol. The number of methoxy groups -OCH3 is 1. The number of rotatable bonds is 3. The van der Waals surface area contributed by atoms with E-state index < -0.39 is 0 Å². The summed E-state index contributed by atoms with van der Waals surface area (Å²) < 4.78 is 6.77. The van der Waals surface area contributed by atoms with Crippen LogP contribution in [0.4, 0.5) is 0 Å². The minimum atomic E-state index is -0.285. The minimum Gasteiger partial charge on any atom is -0.469 e. The molecule has 160 valence electrons. The molecule has 0 saturated carbocycles. The Labute approximate surface area is 183 Å². The molecule has 2 aromatic carbocycles. The van der Waals surface area contributed by atoms with Gasteiger partial charge in [-0.05, 0) is 66.5 Å². The van der Waals surface area contributed by atoms with Gasteiger partial charge in [-0.1, -0.05) is 48.9 Å². The van der Waals surface area contributed by atoms with Crippen molar-refractivity contribution in [3.05, 3.63) is 74.1 Å². The molecule has 1 aliphatic rings. The maximum atomic E-state index is 13.3. The number of nitrogens with zero attached hydrogens (tertiary/aromatic N) is 1. The summed E-state index contributed by atoms with van der Waals surface area (Å²) in [5.41, 5.74) is 9.13. The SMILES string of the molecule is COC(=O)Cc1c(-c2ccc(C)cc2)c(C)c2c3c(c(=O)n(C)c2c1C)CC(C)C=C3. The molecule has 0 amide bonds. The van der Waals surface area contributed by atoms with Crippen molar-refractivity contribution in [3.63, 3.8) is 0 Å². The molecule has 4 nitrogen and oxygen atoms in total. The van der Waals surface area contributed by atoms with Gasteiger partial charge in [0.05, 0.1) is 19.0 Å². The van der Waals surface area contributed by atoms with Crippen LogP contribution in [0.15, 0.2) is 35.1 Å². The summed E-state index contributed by atoms with van der Waals surface area (Å²) >= 11 is 0. The lowest BCUT2D eigenvalue weighted by molar-refractivity contribution is -0.139. The van der Waals surface area contributed by atoms with Gasteiger partial charge < -0.3 is 9.30 Å². The van der Waals surface area contributed by atoms with Crippen LogP contribution in [0.25, 0.3) is 28.1 Å². The first kappa shape index (κ1) is 21.1. The average molecular weight is 416 g/mol. The van der Waals surface area contributed by atoms with Crippen LogP contribution in [-0.2, 0) is 29.4 Å². The molecule has 0 N–H and O–H groups in total. The van der Waals surface area contributed by atoms with Gasteiger partial charge in [-0.15, -0.1) is 0 Å². The fraction of sp³-hybridized carbons (Fsp3) is 0.333. The predicted octanol–water partition coefficient (Wildman–Crippen LogP) is 5.05. The van der Waals surface area contributed by atoms with Crippen molar-refractivity contribution in [2.24, 2.45) is 13.0 Å². The van der Waals surface area contributed by atoms with E-state index in [0.29, 0.717) is 5.92 Å². The van der Waals surface area contributed by atoms with E-state index >= 15 is 0 Å². The van der Waals surface area contributed by atoms with Gasteiger partial charge in [0.2, 0.25) is 0 Å². The van der Waals surface area contributed by atoms with Crippen LogP contribution in [0.3, 0.4) is 0 Å². The van der Waals surface area contributed by atoms with Crippen LogP contribution in [0.1, 0.15) is 40.3 Å². The van der Waals surface area contributed by atoms with Crippen molar-refractivity contribution in [1.29, 1.82) is 0 Å². The molecule has 1 aliphatic carbocycles. The van der Waals surface area contributed by atoms with Gasteiger partial charge in [0.25, 0.3) is 5.56 Å². The second-order valence-corrected chi connectivity index (χ2v) is 8.74. The lowest BCUT2D eigenvalue weighted by atomic mass is 9.82. The van der Waals surface area contributed by atoms with E-state index in [2.05, 4.69) is 57.2 Å². The van der Waals surface area contributed by atoms with Gasteiger partial charge in [0.15, 0.2) is 0 Å². The van der Waals surface area contributed by atoms with E-state index in [4.69, 9.17) is 4.74 Å². The molecular formula is C27H29NO3. The van der Waals surface area contributed by atoms with Crippen LogP contribution in [0.2, 0.25) is 0 Å². The number of fused-ring (bicyclic) bond motifs is 3. The second-order valence-electron chi connectivity index (χ2n) is 8.74. The van der Waals surface area contributed by atoms with E-state index in [1.54, 1.807) is 4.57 Å². The third-order valence-corrected chi connectivity index (χ3v) is 6.60. The highest BCUT2D eigenvalue weighted by Crippen LogP contribution is 2.40. The topological polar surface area (TPSA) is 48.3 Å². The number of carbonyl (C=O) groups is 1. The first-order valence-corrected chi connectivity index (χ1v) is 10.7. The van der Waals surface area contributed by atoms with Crippen molar-refractivity contribution in [2.75, 3.05) is 7.11 Å². The molecule has 1 heterocycles. The van der Waals surface area contributed by atoms with Gasteiger partial charge >= 0.3 is 5.97 Å². The number of benzene rings is 2. The average Bonchev–Trinajstić information content (AvgIpc) is 2.75. The lowest BCUT2D eigenvalue weighted by Crippen LogP contribution is -2.27. The van der Waals surface area contributed by atoms with Crippen molar-refractivity contribution < 1.29 is 9.53 Å². The van der Waals surface area contributed by atoms with E-state index in [1.807, 2.05) is 14.0 Å². The monoisotopic (exact) mass is 415 g/mol. The third-order valence-electron chi connectivity index (χ3n) is 6.60. The second kappa shape index (κ2) is 7.84. The maximum absolute atomic E-state index is 13.3. The first-order valence-electron chi connectivity index (χ1n) is 10.7. The van der Waals surface area contributed by atoms with Crippen molar-refractivity contribution in [1.82, 2.24) is 4.57 Å². The zero-order valence-electron chi connectivity index (χ0n) is 19.1. The highest BCUT2D eigenvalue weighted by Gasteiger charge is 2.25. The molecule has 0 saturated heterocycles. The smallest absolute Gasteiger partial charge is 0.310 e. The molecule has 0 bridgehead atoms. The molecule has 0 aliphatic heterocycles. The van der Waals surface area contributed by atoms with Gasteiger partial charge in [-0.25, -0.2) is 0 Å². The fourth-order valence-electron chi connectivity index (χ4n) is 4.95. The number of hydrogen-bond donors (Lipinski definition) is 0. The zero-order chi connectivity index (χ0) is 22.4. The summed E-state index contributed by atoms with van der Waals surface area (Å²) in [4.78, 5) is 25.6. The number of ether oxygens (including phenoxy) is 1. The van der Waals surface area contributed by atoms with Crippen LogP contribution < -0.4 is 5.56 Å². The van der Waals surface area contributed by atoms with Crippen molar-refractivity contribution in [3.8, 4) is 11.1 Å². The lowest BCUT2D eigenvalue weighted by Gasteiger charge is -2.25. The fourth-order valence-corrected chi connectivity index (χ4v) is 4.95. The van der Waals surface area contributed by atoms with Gasteiger partial charge in [-0.3, -0.25) is 9.59 Å². The van der Waals surface area contributed by atoms with Crippen LogP contribution in [0.5, 0.6) is 0 Å². The summed E-state index contributed by atoms with van der Waals surface area (Å²) in [6, 6.07) is 8.40. The molecule has 1 unspecified atom stereocenters. The van der Waals surface area contributed by atoms with Gasteiger partial charge in [0.1, 0.15) is 0 Å². The largest absolute Gasteiger partial charge is 0.469 e. The van der Waals surface area contributed by atoms with E-state index in [9.17, 15) is 9.59 Å². The molecule has 3 aromatic rings. The number of aryl methyl sites for hydroxylation is 4. The number of pyridine rings is 1. The summed E-state index contributed by atoms with van der Waals surface area (Å²) in [6.45, 7) is 8.32. The highest BCUT2D eigenvalue weighted by atomic mass is 16.5. The van der Waals surface area contributed by atoms with E-state index in [0.717, 1.165) is 56.3 Å². The van der Waals surface area contributed by atoms with Crippen LogP contribution >= 0.6 is 0 Å². The normalized spacial score (nSPS) is 15.2. The number of esters is 1. The van der Waals surface area contributed by atoms with E-state index in [-0.39, 0.29) is 17.9 Å². The van der Waals surface area contributed by atoms with Crippen LogP contribution in [0, 0.1) is 26.7 Å². The standard InChI is InChI=1S/C27H29NO3/c1-15-7-10-19(11-8-15)24-18(4)25-20-12-9-16(2)13-22(20)27(30)28(5)26(25)17(3)21(24)14-23(29)31-6/h7-12,16H,13-14H2,1-6H3. The van der Waals surface area contributed by atoms with Gasteiger partial charge in [0, 0.05) is 18.0 Å². The number of allylic oxidation sites excluding steroid dienone is 1. The minimum absolute atomic E-state index is 0.0494. The Kier molecular flexibility index (Phi) is 5.34. The Hall–Kier alpha value is -3.14. The highest BCUT2D eigenvalue weighted by molar-refractivity contribution is 6.01. The van der Waals surface area contributed by atoms with Crippen molar-refractivity contribution >= 4 is 22.9 Å². The molecule has 0 spiro atoms. The molecule has 1 atom stereocenters. The Bertz CT molecular complexity index is 1290. The number of aromatic nitrogens is 1. The van der Waals surface area contributed by atoms with Crippen molar-refractivity contribution in [2.45, 2.75) is 40.5 Å². The van der Waals surface area contributed by atoms with Gasteiger partial charge in [-0.2, -0.15) is 0 Å². The maximum Gasteiger partial charge on any atom is 0.310 e. The molecule has 4 rings (SSSR count). The molecular weight excluding hydrogens is 386 g/mol. The van der Waals surface area contributed by atoms with E-state index in [1.165, 1.54) is 12.7 Å². The third kappa shape index (κ3) is 3.40. The summed E-state index contributed by atoms with van der Waals surface area (Å²) in [6.07, 6.45) is 5.21. The first-order chi connectivity index (χ1) is 14.7. The molecule has 0 fully saturated rings. The Balaban J connectivity index is 2.19. The number of carbonyl (C=O) groups excluding carboxylic acids is 1. The summed E-state index contributed by atoms with van der Waals surface area (Å²) in [5, 5.41) is 1.10. The molecule has 0 radical (unpaired) electrons. The summed E-state index contributed by atoms with van der Waals surface area (Å²) in [7, 11) is 3.25. The zero-order valence-corrected chi connectivity index (χ0v) is 19.1. The summed E-state index contributed by atoms with van der Waals surface area (Å²) in [5.74, 6) is 0.0566. The quantitative estimate of drug-likeness (QED) is 0.562.